The van der Waals surface area contributed by atoms with Gasteiger partial charge in [-0.2, -0.15) is 0 Å². The van der Waals surface area contributed by atoms with Crippen LogP contribution in [-0.4, -0.2) is 15.7 Å². The average Bonchev–Trinajstić information content (AvgIpc) is 2.20. The second-order valence-electron chi connectivity index (χ2n) is 5.33. The number of ketones is 1. The lowest BCUT2D eigenvalue weighted by molar-refractivity contribution is -0.123. The van der Waals surface area contributed by atoms with E-state index in [9.17, 15) is 9.00 Å². The molecule has 0 radical (unpaired) electrons. The van der Waals surface area contributed by atoms with Gasteiger partial charge < -0.3 is 0 Å². The summed E-state index contributed by atoms with van der Waals surface area (Å²) in [5, 5.41) is 0. The average molecular weight is 252 g/mol. The Balaban J connectivity index is 2.63. The van der Waals surface area contributed by atoms with Crippen molar-refractivity contribution in [2.75, 3.05) is 5.75 Å². The van der Waals surface area contributed by atoms with Crippen molar-refractivity contribution >= 4 is 16.6 Å². The van der Waals surface area contributed by atoms with E-state index in [1.165, 1.54) is 0 Å². The van der Waals surface area contributed by atoms with Gasteiger partial charge in [-0.25, -0.2) is 0 Å². The molecular formula is C14H20O2S. The zero-order valence-electron chi connectivity index (χ0n) is 10.9. The van der Waals surface area contributed by atoms with Gasteiger partial charge in [-0.15, -0.1) is 0 Å². The topological polar surface area (TPSA) is 34.1 Å². The van der Waals surface area contributed by atoms with Crippen LogP contribution in [-0.2, 0) is 21.3 Å². The molecule has 1 unspecified atom stereocenters. The van der Waals surface area contributed by atoms with Crippen LogP contribution >= 0.6 is 0 Å². The van der Waals surface area contributed by atoms with E-state index in [4.69, 9.17) is 0 Å². The number of Topliss-reactive ketones (excluding diaryl/α,β-unsaturated/α-hetero) is 1. The van der Waals surface area contributed by atoms with Crippen LogP contribution in [0.3, 0.4) is 0 Å². The maximum Gasteiger partial charge on any atom is 0.150 e. The van der Waals surface area contributed by atoms with Crippen LogP contribution < -0.4 is 0 Å². The Hall–Kier alpha value is -0.960. The van der Waals surface area contributed by atoms with Crippen molar-refractivity contribution in [1.82, 2.24) is 0 Å². The van der Waals surface area contributed by atoms with E-state index in [1.807, 2.05) is 52.0 Å². The fourth-order valence-corrected chi connectivity index (χ4v) is 2.86. The van der Waals surface area contributed by atoms with Crippen molar-refractivity contribution in [1.29, 1.82) is 0 Å². The van der Waals surface area contributed by atoms with Crippen molar-refractivity contribution < 1.29 is 9.00 Å². The molecule has 0 spiro atoms. The van der Waals surface area contributed by atoms with Gasteiger partial charge in [-0.05, 0) is 18.1 Å². The van der Waals surface area contributed by atoms with Gasteiger partial charge in [0.25, 0.3) is 0 Å². The number of benzene rings is 1. The molecule has 3 heteroatoms. The summed E-state index contributed by atoms with van der Waals surface area (Å²) in [5.74, 6) is 0.677. The molecule has 0 aliphatic heterocycles. The lowest BCUT2D eigenvalue weighted by Crippen LogP contribution is -2.26. The molecule has 0 amide bonds. The first kappa shape index (κ1) is 14.1. The minimum Gasteiger partial charge on any atom is -0.298 e. The number of hydrogen-bond acceptors (Lipinski definition) is 2. The molecule has 1 aromatic carbocycles. The highest BCUT2D eigenvalue weighted by Crippen LogP contribution is 2.16. The smallest absolute Gasteiger partial charge is 0.150 e. The van der Waals surface area contributed by atoms with Gasteiger partial charge in [0, 0.05) is 22.0 Å². The lowest BCUT2D eigenvalue weighted by atomic mass is 9.92. The highest BCUT2D eigenvalue weighted by Gasteiger charge is 2.23. The first-order valence-electron chi connectivity index (χ1n) is 5.73. The Morgan fingerprint density at radius 1 is 1.24 bits per heavy atom. The number of carbonyl (C=O) groups is 1. The molecule has 0 fully saturated rings. The molecule has 0 saturated heterocycles. The van der Waals surface area contributed by atoms with E-state index < -0.39 is 16.2 Å². The Morgan fingerprint density at radius 2 is 1.82 bits per heavy atom. The van der Waals surface area contributed by atoms with Gasteiger partial charge in [0.1, 0.15) is 0 Å². The molecule has 0 N–H and O–H groups in total. The molecule has 0 heterocycles. The van der Waals surface area contributed by atoms with Crippen LogP contribution in [0.25, 0.3) is 0 Å². The predicted molar refractivity (Wildman–Crippen MR) is 72.4 cm³/mol. The van der Waals surface area contributed by atoms with Crippen molar-refractivity contribution in [2.24, 2.45) is 5.41 Å². The zero-order valence-corrected chi connectivity index (χ0v) is 11.8. The molecule has 94 valence electrons. The number of hydrogen-bond donors (Lipinski definition) is 0. The quantitative estimate of drug-likeness (QED) is 0.825. The van der Waals surface area contributed by atoms with E-state index in [0.717, 1.165) is 11.1 Å². The van der Waals surface area contributed by atoms with E-state index in [-0.39, 0.29) is 11.5 Å². The van der Waals surface area contributed by atoms with E-state index in [2.05, 4.69) is 0 Å². The van der Waals surface area contributed by atoms with E-state index in [1.54, 1.807) is 0 Å². The van der Waals surface area contributed by atoms with Gasteiger partial charge in [-0.1, -0.05) is 45.0 Å². The van der Waals surface area contributed by atoms with Crippen LogP contribution in [0.4, 0.5) is 0 Å². The number of aryl methyl sites for hydroxylation is 1. The molecule has 2 nitrogen and oxygen atoms in total. The molecule has 1 aromatic rings. The van der Waals surface area contributed by atoms with Crippen molar-refractivity contribution in [2.45, 2.75) is 33.4 Å². The van der Waals surface area contributed by atoms with Crippen LogP contribution in [0.1, 0.15) is 31.9 Å². The van der Waals surface area contributed by atoms with Crippen LogP contribution in [0.15, 0.2) is 24.3 Å². The largest absolute Gasteiger partial charge is 0.298 e. The number of rotatable bonds is 4. The third-order valence-corrected chi connectivity index (χ3v) is 3.92. The van der Waals surface area contributed by atoms with Crippen molar-refractivity contribution in [3.8, 4) is 0 Å². The summed E-state index contributed by atoms with van der Waals surface area (Å²) in [4.78, 5) is 11.8. The summed E-state index contributed by atoms with van der Waals surface area (Å²) in [6.45, 7) is 7.58. The van der Waals surface area contributed by atoms with Crippen molar-refractivity contribution in [3.05, 3.63) is 35.4 Å². The first-order valence-corrected chi connectivity index (χ1v) is 7.22. The van der Waals surface area contributed by atoms with E-state index >= 15 is 0 Å². The second-order valence-corrected chi connectivity index (χ2v) is 6.79. The summed E-state index contributed by atoms with van der Waals surface area (Å²) in [6, 6.07) is 7.86. The summed E-state index contributed by atoms with van der Waals surface area (Å²) >= 11 is 0. The SMILES string of the molecule is Cc1ccccc1CS(=O)CC(=O)C(C)(C)C. The highest BCUT2D eigenvalue weighted by atomic mass is 32.2. The predicted octanol–water partition coefficient (Wildman–Crippen LogP) is 2.86. The van der Waals surface area contributed by atoms with Gasteiger partial charge >= 0.3 is 0 Å². The van der Waals surface area contributed by atoms with Crippen LogP contribution in [0.5, 0.6) is 0 Å². The summed E-state index contributed by atoms with van der Waals surface area (Å²) in [7, 11) is -1.11. The monoisotopic (exact) mass is 252 g/mol. The summed E-state index contributed by atoms with van der Waals surface area (Å²) in [5.41, 5.74) is 1.79. The molecule has 0 aliphatic rings. The van der Waals surface area contributed by atoms with Gasteiger partial charge in [-0.3, -0.25) is 9.00 Å². The van der Waals surface area contributed by atoms with Crippen LogP contribution in [0, 0.1) is 12.3 Å². The van der Waals surface area contributed by atoms with Crippen LogP contribution in [0.2, 0.25) is 0 Å². The summed E-state index contributed by atoms with van der Waals surface area (Å²) in [6.07, 6.45) is 0. The Kier molecular flexibility index (Phi) is 4.63. The standard InChI is InChI=1S/C14H20O2S/c1-11-7-5-6-8-12(11)9-17(16)10-13(15)14(2,3)4/h5-8H,9-10H2,1-4H3. The fraction of sp³-hybridized carbons (Fsp3) is 0.500. The third-order valence-electron chi connectivity index (χ3n) is 2.71. The lowest BCUT2D eigenvalue weighted by Gasteiger charge is -2.16. The molecule has 17 heavy (non-hydrogen) atoms. The Morgan fingerprint density at radius 3 is 2.35 bits per heavy atom. The fourth-order valence-electron chi connectivity index (χ4n) is 1.36. The van der Waals surface area contributed by atoms with Gasteiger partial charge in [0.2, 0.25) is 0 Å². The normalized spacial score (nSPS) is 13.4. The highest BCUT2D eigenvalue weighted by molar-refractivity contribution is 7.84. The molecule has 1 rings (SSSR count). The minimum atomic E-state index is -1.11. The first-order chi connectivity index (χ1) is 7.80. The van der Waals surface area contributed by atoms with Crippen molar-refractivity contribution in [3.63, 3.8) is 0 Å². The minimum absolute atomic E-state index is 0.0596. The zero-order chi connectivity index (χ0) is 13.1. The number of carbonyl (C=O) groups excluding carboxylic acids is 1. The van der Waals surface area contributed by atoms with Gasteiger partial charge in [0.05, 0.1) is 5.75 Å². The maximum atomic E-state index is 11.9. The Labute approximate surface area is 106 Å². The van der Waals surface area contributed by atoms with Gasteiger partial charge in [0.15, 0.2) is 5.78 Å². The third kappa shape index (κ3) is 4.43. The molecule has 0 aliphatic carbocycles. The molecule has 0 aromatic heterocycles. The Bertz CT molecular complexity index is 430. The molecule has 0 saturated carbocycles. The maximum absolute atomic E-state index is 11.9. The second kappa shape index (κ2) is 5.58. The molecule has 1 atom stereocenters. The molecular weight excluding hydrogens is 232 g/mol. The van der Waals surface area contributed by atoms with E-state index in [0.29, 0.717) is 5.75 Å². The molecule has 0 bridgehead atoms. The summed E-state index contributed by atoms with van der Waals surface area (Å²) < 4.78 is 11.9.